The monoisotopic (exact) mass is 442 g/mol. The lowest BCUT2D eigenvalue weighted by molar-refractivity contribution is -0.132. The predicted molar refractivity (Wildman–Crippen MR) is 120 cm³/mol. The van der Waals surface area contributed by atoms with E-state index < -0.39 is 29.3 Å². The molecule has 1 amide bonds. The summed E-state index contributed by atoms with van der Waals surface area (Å²) in [5, 5.41) is 20.3. The van der Waals surface area contributed by atoms with Crippen molar-refractivity contribution < 1.29 is 23.8 Å². The summed E-state index contributed by atoms with van der Waals surface area (Å²) in [5.41, 5.74) is 1.98. The SMILES string of the molecule is COc1ccc(F)cc1/C(O)=C1\C(=O)C(=O)N(c2ccc(C#N)cc2)C1c1ccccc1C. The molecule has 4 rings (SSSR count). The molecule has 0 bridgehead atoms. The van der Waals surface area contributed by atoms with Crippen molar-refractivity contribution in [2.75, 3.05) is 12.0 Å². The molecule has 1 fully saturated rings. The second-order valence-corrected chi connectivity index (χ2v) is 7.53. The molecule has 0 aliphatic carbocycles. The smallest absolute Gasteiger partial charge is 0.300 e. The van der Waals surface area contributed by atoms with E-state index >= 15 is 0 Å². The number of ether oxygens (including phenoxy) is 1. The number of nitriles is 1. The van der Waals surface area contributed by atoms with Crippen molar-refractivity contribution in [3.05, 3.63) is 100 Å². The van der Waals surface area contributed by atoms with Crippen LogP contribution in [0.1, 0.15) is 28.3 Å². The first-order valence-electron chi connectivity index (χ1n) is 10.1. The van der Waals surface area contributed by atoms with Gasteiger partial charge in [-0.05, 0) is 60.5 Å². The first kappa shape index (κ1) is 21.8. The lowest BCUT2D eigenvalue weighted by Gasteiger charge is -2.26. The summed E-state index contributed by atoms with van der Waals surface area (Å²) in [7, 11) is 1.36. The van der Waals surface area contributed by atoms with Crippen molar-refractivity contribution in [2.45, 2.75) is 13.0 Å². The Morgan fingerprint density at radius 3 is 2.42 bits per heavy atom. The van der Waals surface area contributed by atoms with Gasteiger partial charge in [-0.1, -0.05) is 24.3 Å². The number of halogens is 1. The minimum Gasteiger partial charge on any atom is -0.507 e. The van der Waals surface area contributed by atoms with E-state index in [-0.39, 0.29) is 16.9 Å². The Morgan fingerprint density at radius 2 is 1.79 bits per heavy atom. The molecule has 33 heavy (non-hydrogen) atoms. The highest BCUT2D eigenvalue weighted by molar-refractivity contribution is 6.51. The summed E-state index contributed by atoms with van der Waals surface area (Å²) in [5.74, 6) is -2.76. The van der Waals surface area contributed by atoms with Crippen molar-refractivity contribution in [1.29, 1.82) is 5.26 Å². The highest BCUT2D eigenvalue weighted by Crippen LogP contribution is 2.44. The summed E-state index contributed by atoms with van der Waals surface area (Å²) in [4.78, 5) is 27.7. The lowest BCUT2D eigenvalue weighted by Crippen LogP contribution is -2.29. The van der Waals surface area contributed by atoms with Crippen molar-refractivity contribution in [3.63, 3.8) is 0 Å². The fourth-order valence-electron chi connectivity index (χ4n) is 3.99. The summed E-state index contributed by atoms with van der Waals surface area (Å²) in [6, 6.07) is 18.0. The molecule has 1 atom stereocenters. The Hall–Kier alpha value is -4.44. The van der Waals surface area contributed by atoms with Gasteiger partial charge in [0.2, 0.25) is 0 Å². The number of hydrogen-bond donors (Lipinski definition) is 1. The summed E-state index contributed by atoms with van der Waals surface area (Å²) < 4.78 is 19.3. The van der Waals surface area contributed by atoms with Crippen molar-refractivity contribution in [2.24, 2.45) is 0 Å². The molecule has 1 N–H and O–H groups in total. The molecule has 3 aromatic carbocycles. The van der Waals surface area contributed by atoms with Gasteiger partial charge in [0.15, 0.2) is 0 Å². The van der Waals surface area contributed by atoms with Gasteiger partial charge in [-0.2, -0.15) is 5.26 Å². The van der Waals surface area contributed by atoms with Crippen LogP contribution in [-0.4, -0.2) is 23.9 Å². The van der Waals surface area contributed by atoms with E-state index in [4.69, 9.17) is 10.00 Å². The molecule has 3 aromatic rings. The van der Waals surface area contributed by atoms with Gasteiger partial charge < -0.3 is 9.84 Å². The number of aliphatic hydroxyl groups is 1. The zero-order chi connectivity index (χ0) is 23.7. The van der Waals surface area contributed by atoms with E-state index in [9.17, 15) is 19.1 Å². The molecule has 0 aromatic heterocycles. The Labute approximate surface area is 189 Å². The lowest BCUT2D eigenvalue weighted by atomic mass is 9.92. The standard InChI is InChI=1S/C26H19FN2O4/c1-15-5-3-4-6-19(15)23-22(24(30)20-13-17(27)9-12-21(20)33-2)25(31)26(32)29(23)18-10-7-16(14-28)8-11-18/h3-13,23,30H,1-2H3/b24-22+. The fourth-order valence-corrected chi connectivity index (χ4v) is 3.99. The number of aryl methyl sites for hydroxylation is 1. The van der Waals surface area contributed by atoms with Gasteiger partial charge in [0, 0.05) is 5.69 Å². The zero-order valence-corrected chi connectivity index (χ0v) is 17.9. The first-order chi connectivity index (χ1) is 15.9. The van der Waals surface area contributed by atoms with Crippen molar-refractivity contribution >= 4 is 23.1 Å². The highest BCUT2D eigenvalue weighted by atomic mass is 19.1. The maximum atomic E-state index is 14.0. The maximum absolute atomic E-state index is 14.0. The van der Waals surface area contributed by atoms with E-state index in [0.717, 1.165) is 11.6 Å². The average molecular weight is 442 g/mol. The van der Waals surface area contributed by atoms with Crippen LogP contribution in [0.4, 0.5) is 10.1 Å². The third kappa shape index (κ3) is 3.72. The maximum Gasteiger partial charge on any atom is 0.300 e. The largest absolute Gasteiger partial charge is 0.507 e. The minimum absolute atomic E-state index is 0.0334. The Balaban J connectivity index is 2.00. The van der Waals surface area contributed by atoms with E-state index in [1.807, 2.05) is 25.1 Å². The van der Waals surface area contributed by atoms with Gasteiger partial charge in [0.05, 0.1) is 35.9 Å². The Bertz CT molecular complexity index is 1340. The molecule has 0 saturated carbocycles. The fraction of sp³-hybridized carbons (Fsp3) is 0.115. The van der Waals surface area contributed by atoms with E-state index in [2.05, 4.69) is 0 Å². The molecule has 1 heterocycles. The summed E-state index contributed by atoms with van der Waals surface area (Å²) >= 11 is 0. The minimum atomic E-state index is -0.966. The molecular weight excluding hydrogens is 423 g/mol. The first-order valence-corrected chi connectivity index (χ1v) is 10.1. The molecule has 0 spiro atoms. The predicted octanol–water partition coefficient (Wildman–Crippen LogP) is 4.64. The number of Topliss-reactive ketones (excluding diaryl/α,β-unsaturated/α-hetero) is 1. The highest BCUT2D eigenvalue weighted by Gasteiger charge is 2.47. The summed E-state index contributed by atoms with van der Waals surface area (Å²) in [6.45, 7) is 1.83. The molecule has 0 radical (unpaired) electrons. The quantitative estimate of drug-likeness (QED) is 0.361. The van der Waals surface area contributed by atoms with E-state index in [1.54, 1.807) is 36.4 Å². The number of rotatable bonds is 4. The van der Waals surface area contributed by atoms with Crippen LogP contribution in [0.15, 0.2) is 72.3 Å². The molecule has 1 aliphatic heterocycles. The number of anilines is 1. The number of benzene rings is 3. The zero-order valence-electron chi connectivity index (χ0n) is 17.9. The van der Waals surface area contributed by atoms with Gasteiger partial charge >= 0.3 is 0 Å². The van der Waals surface area contributed by atoms with Crippen LogP contribution in [0, 0.1) is 24.1 Å². The number of carbonyl (C=O) groups excluding carboxylic acids is 2. The number of carbonyl (C=O) groups is 2. The second-order valence-electron chi connectivity index (χ2n) is 7.53. The van der Waals surface area contributed by atoms with E-state index in [1.165, 1.54) is 24.1 Å². The van der Waals surface area contributed by atoms with Gasteiger partial charge in [0.1, 0.15) is 17.3 Å². The molecule has 1 unspecified atom stereocenters. The number of ketones is 1. The van der Waals surface area contributed by atoms with Crippen LogP contribution in [-0.2, 0) is 9.59 Å². The third-order valence-corrected chi connectivity index (χ3v) is 5.62. The molecule has 1 saturated heterocycles. The number of nitrogens with zero attached hydrogens (tertiary/aromatic N) is 2. The number of methoxy groups -OCH3 is 1. The van der Waals surface area contributed by atoms with Gasteiger partial charge in [-0.15, -0.1) is 0 Å². The second kappa shape index (κ2) is 8.60. The van der Waals surface area contributed by atoms with Crippen molar-refractivity contribution in [1.82, 2.24) is 0 Å². The van der Waals surface area contributed by atoms with Crippen molar-refractivity contribution in [3.8, 4) is 11.8 Å². The summed E-state index contributed by atoms with van der Waals surface area (Å²) in [6.07, 6.45) is 0. The van der Waals surface area contributed by atoms with Crippen LogP contribution in [0.5, 0.6) is 5.75 Å². The van der Waals surface area contributed by atoms with Gasteiger partial charge in [-0.25, -0.2) is 4.39 Å². The van der Waals surface area contributed by atoms with Gasteiger partial charge in [-0.3, -0.25) is 14.5 Å². The van der Waals surface area contributed by atoms with E-state index in [0.29, 0.717) is 16.8 Å². The van der Waals surface area contributed by atoms with Crippen LogP contribution in [0.3, 0.4) is 0 Å². The van der Waals surface area contributed by atoms with Crippen LogP contribution < -0.4 is 9.64 Å². The third-order valence-electron chi connectivity index (χ3n) is 5.62. The molecule has 1 aliphatic rings. The number of aliphatic hydroxyl groups excluding tert-OH is 1. The van der Waals surface area contributed by atoms with Gasteiger partial charge in [0.25, 0.3) is 11.7 Å². The number of hydrogen-bond acceptors (Lipinski definition) is 5. The van der Waals surface area contributed by atoms with Crippen LogP contribution in [0.25, 0.3) is 5.76 Å². The molecule has 6 nitrogen and oxygen atoms in total. The molecular formula is C26H19FN2O4. The Kier molecular flexibility index (Phi) is 5.67. The molecule has 164 valence electrons. The average Bonchev–Trinajstić information content (AvgIpc) is 3.09. The number of amides is 1. The molecule has 7 heteroatoms. The van der Waals surface area contributed by atoms with Crippen LogP contribution >= 0.6 is 0 Å². The normalized spacial score (nSPS) is 17.2. The topological polar surface area (TPSA) is 90.6 Å². The van der Waals surface area contributed by atoms with Crippen LogP contribution in [0.2, 0.25) is 0 Å². The Morgan fingerprint density at radius 1 is 1.09 bits per heavy atom.